The Morgan fingerprint density at radius 2 is 1.69 bits per heavy atom. The lowest BCUT2D eigenvalue weighted by atomic mass is 9.82. The number of aromatic nitrogens is 2. The van der Waals surface area contributed by atoms with Crippen LogP contribution in [0, 0.1) is 12.3 Å². The molecule has 0 saturated carbocycles. The van der Waals surface area contributed by atoms with Crippen LogP contribution >= 0.6 is 0 Å². The number of nitrogens with one attached hydrogen (secondary N) is 1. The highest BCUT2D eigenvalue weighted by molar-refractivity contribution is 5.93. The van der Waals surface area contributed by atoms with Gasteiger partial charge in [-0.1, -0.05) is 45.0 Å². The van der Waals surface area contributed by atoms with Crippen LogP contribution in [0.2, 0.25) is 0 Å². The SMILES string of the molecule is COc1cc(-c2nc3ccccn3c2NC(C)(C)CC(C)(C)C)ccc1OC(=O)c1ccccc1C. The van der Waals surface area contributed by atoms with Crippen LogP contribution in [0.1, 0.15) is 57.0 Å². The van der Waals surface area contributed by atoms with Crippen molar-refractivity contribution in [1.82, 2.24) is 9.38 Å². The second-order valence-corrected chi connectivity index (χ2v) is 11.1. The summed E-state index contributed by atoms with van der Waals surface area (Å²) in [5.41, 5.74) is 3.87. The predicted octanol–water partition coefficient (Wildman–Crippen LogP) is 7.16. The molecule has 1 N–H and O–H groups in total. The number of anilines is 1. The molecule has 0 radical (unpaired) electrons. The van der Waals surface area contributed by atoms with E-state index in [0.29, 0.717) is 17.1 Å². The van der Waals surface area contributed by atoms with Gasteiger partial charge >= 0.3 is 5.97 Å². The fourth-order valence-electron chi connectivity index (χ4n) is 4.86. The molecule has 2 aromatic carbocycles. The number of nitrogens with zero attached hydrogens (tertiary/aromatic N) is 2. The van der Waals surface area contributed by atoms with Gasteiger partial charge in [-0.15, -0.1) is 0 Å². The highest BCUT2D eigenvalue weighted by Gasteiger charge is 2.28. The summed E-state index contributed by atoms with van der Waals surface area (Å²) in [6.07, 6.45) is 2.98. The maximum absolute atomic E-state index is 12.8. The summed E-state index contributed by atoms with van der Waals surface area (Å²) in [5.74, 6) is 1.32. The van der Waals surface area contributed by atoms with Gasteiger partial charge in [0.15, 0.2) is 11.5 Å². The number of rotatable bonds is 7. The van der Waals surface area contributed by atoms with E-state index in [1.807, 2.05) is 61.7 Å². The molecule has 0 aliphatic rings. The van der Waals surface area contributed by atoms with Gasteiger partial charge in [0, 0.05) is 17.3 Å². The van der Waals surface area contributed by atoms with Gasteiger partial charge in [-0.2, -0.15) is 0 Å². The van der Waals surface area contributed by atoms with Crippen molar-refractivity contribution in [3.8, 4) is 22.8 Å². The predicted molar refractivity (Wildman–Crippen MR) is 145 cm³/mol. The minimum Gasteiger partial charge on any atom is -0.493 e. The zero-order valence-corrected chi connectivity index (χ0v) is 22.2. The molecule has 6 nitrogen and oxygen atoms in total. The molecule has 4 rings (SSSR count). The maximum Gasteiger partial charge on any atom is 0.343 e. The van der Waals surface area contributed by atoms with Crippen LogP contribution in [0.3, 0.4) is 0 Å². The first-order chi connectivity index (χ1) is 17.0. The zero-order chi connectivity index (χ0) is 26.1. The molecular weight excluding hydrogens is 450 g/mol. The van der Waals surface area contributed by atoms with E-state index in [2.05, 4.69) is 44.3 Å². The van der Waals surface area contributed by atoms with Crippen LogP contribution in [-0.2, 0) is 0 Å². The van der Waals surface area contributed by atoms with Gasteiger partial charge in [0.05, 0.1) is 12.7 Å². The molecule has 2 heterocycles. The third-order valence-electron chi connectivity index (χ3n) is 5.96. The number of hydrogen-bond acceptors (Lipinski definition) is 5. The van der Waals surface area contributed by atoms with Crippen molar-refractivity contribution in [2.75, 3.05) is 12.4 Å². The van der Waals surface area contributed by atoms with Gasteiger partial charge in [0.25, 0.3) is 0 Å². The van der Waals surface area contributed by atoms with E-state index in [1.54, 1.807) is 19.2 Å². The van der Waals surface area contributed by atoms with Gasteiger partial charge < -0.3 is 14.8 Å². The van der Waals surface area contributed by atoms with Crippen LogP contribution in [0.4, 0.5) is 5.82 Å². The zero-order valence-electron chi connectivity index (χ0n) is 22.2. The Morgan fingerprint density at radius 3 is 2.39 bits per heavy atom. The van der Waals surface area contributed by atoms with E-state index >= 15 is 0 Å². The van der Waals surface area contributed by atoms with Crippen molar-refractivity contribution in [2.24, 2.45) is 5.41 Å². The molecule has 0 unspecified atom stereocenters. The highest BCUT2D eigenvalue weighted by atomic mass is 16.6. The van der Waals surface area contributed by atoms with Gasteiger partial charge in [0.1, 0.15) is 17.2 Å². The fraction of sp³-hybridized carbons (Fsp3) is 0.333. The van der Waals surface area contributed by atoms with Crippen LogP contribution in [-0.4, -0.2) is 28.0 Å². The molecule has 4 aromatic rings. The maximum atomic E-state index is 12.8. The molecule has 36 heavy (non-hydrogen) atoms. The number of aryl methyl sites for hydroxylation is 1. The second kappa shape index (κ2) is 9.69. The Hall–Kier alpha value is -3.80. The van der Waals surface area contributed by atoms with Gasteiger partial charge in [0.2, 0.25) is 0 Å². The number of ether oxygens (including phenoxy) is 2. The number of esters is 1. The van der Waals surface area contributed by atoms with Crippen molar-refractivity contribution in [1.29, 1.82) is 0 Å². The van der Waals surface area contributed by atoms with Crippen LogP contribution in [0.5, 0.6) is 11.5 Å². The molecule has 0 fully saturated rings. The van der Waals surface area contributed by atoms with Gasteiger partial charge in [-0.3, -0.25) is 4.40 Å². The Balaban J connectivity index is 1.72. The first-order valence-corrected chi connectivity index (χ1v) is 12.2. The molecule has 0 spiro atoms. The first kappa shape index (κ1) is 25.3. The monoisotopic (exact) mass is 485 g/mol. The van der Waals surface area contributed by atoms with E-state index in [9.17, 15) is 4.79 Å². The lowest BCUT2D eigenvalue weighted by molar-refractivity contribution is 0.0729. The Bertz CT molecular complexity index is 1400. The third kappa shape index (κ3) is 5.54. The van der Waals surface area contributed by atoms with Crippen LogP contribution in [0.15, 0.2) is 66.9 Å². The minimum atomic E-state index is -0.418. The summed E-state index contributed by atoms with van der Waals surface area (Å²) < 4.78 is 13.4. The minimum absolute atomic E-state index is 0.156. The van der Waals surface area contributed by atoms with E-state index in [1.165, 1.54) is 0 Å². The first-order valence-electron chi connectivity index (χ1n) is 12.2. The number of carbonyl (C=O) groups is 1. The molecular formula is C30H35N3O3. The lowest BCUT2D eigenvalue weighted by Crippen LogP contribution is -2.36. The summed E-state index contributed by atoms with van der Waals surface area (Å²) in [4.78, 5) is 17.7. The molecule has 0 aliphatic heterocycles. The molecule has 0 aliphatic carbocycles. The van der Waals surface area contributed by atoms with Gasteiger partial charge in [-0.05, 0) is 74.6 Å². The van der Waals surface area contributed by atoms with Crippen LogP contribution in [0.25, 0.3) is 16.9 Å². The standard InChI is InChI=1S/C30H35N3O3/c1-20-12-8-9-13-22(20)28(34)36-23-16-15-21(18-24(23)35-7)26-27(32-30(5,6)19-29(2,3)4)33-17-11-10-14-25(33)31-26/h8-18,32H,19H2,1-7H3. The molecule has 0 bridgehead atoms. The molecule has 0 saturated heterocycles. The summed E-state index contributed by atoms with van der Waals surface area (Å²) in [7, 11) is 1.57. The average molecular weight is 486 g/mol. The fourth-order valence-corrected chi connectivity index (χ4v) is 4.86. The van der Waals surface area contributed by atoms with Gasteiger partial charge in [-0.25, -0.2) is 9.78 Å². The van der Waals surface area contributed by atoms with Crippen molar-refractivity contribution in [3.05, 3.63) is 78.0 Å². The summed E-state index contributed by atoms with van der Waals surface area (Å²) in [5, 5.41) is 3.75. The Morgan fingerprint density at radius 1 is 0.972 bits per heavy atom. The average Bonchev–Trinajstić information content (AvgIpc) is 3.15. The second-order valence-electron chi connectivity index (χ2n) is 11.1. The summed E-state index contributed by atoms with van der Waals surface area (Å²) in [6.45, 7) is 13.0. The van der Waals surface area contributed by atoms with Crippen LogP contribution < -0.4 is 14.8 Å². The summed E-state index contributed by atoms with van der Waals surface area (Å²) in [6, 6.07) is 18.9. The van der Waals surface area contributed by atoms with E-state index in [-0.39, 0.29) is 11.0 Å². The topological polar surface area (TPSA) is 64.9 Å². The smallest absolute Gasteiger partial charge is 0.343 e. The largest absolute Gasteiger partial charge is 0.493 e. The number of benzene rings is 2. The molecule has 0 amide bonds. The highest BCUT2D eigenvalue weighted by Crippen LogP contribution is 2.38. The quantitative estimate of drug-likeness (QED) is 0.222. The number of pyridine rings is 1. The lowest BCUT2D eigenvalue weighted by Gasteiger charge is -2.34. The van der Waals surface area contributed by atoms with Crippen molar-refractivity contribution in [2.45, 2.75) is 53.5 Å². The number of carbonyl (C=O) groups excluding carboxylic acids is 1. The molecule has 6 heteroatoms. The van der Waals surface area contributed by atoms with E-state index < -0.39 is 5.97 Å². The number of imidazole rings is 1. The Kier molecular flexibility index (Phi) is 6.81. The van der Waals surface area contributed by atoms with E-state index in [0.717, 1.165) is 34.7 Å². The Labute approximate surface area is 213 Å². The van der Waals surface area contributed by atoms with Crippen molar-refractivity contribution in [3.63, 3.8) is 0 Å². The number of methoxy groups -OCH3 is 1. The third-order valence-corrected chi connectivity index (χ3v) is 5.96. The van der Waals surface area contributed by atoms with Crippen molar-refractivity contribution < 1.29 is 14.3 Å². The molecule has 188 valence electrons. The summed E-state index contributed by atoms with van der Waals surface area (Å²) >= 11 is 0. The number of hydrogen-bond donors (Lipinski definition) is 1. The molecule has 0 atom stereocenters. The van der Waals surface area contributed by atoms with Crippen molar-refractivity contribution >= 4 is 17.4 Å². The number of fused-ring (bicyclic) bond motifs is 1. The molecule has 2 aromatic heterocycles. The van der Waals surface area contributed by atoms with E-state index in [4.69, 9.17) is 14.5 Å². The normalized spacial score (nSPS) is 12.0.